The van der Waals surface area contributed by atoms with E-state index in [9.17, 15) is 4.79 Å². The molecule has 1 N–H and O–H groups in total. The Balaban J connectivity index is 1.69. The molecule has 5 nitrogen and oxygen atoms in total. The van der Waals surface area contributed by atoms with Gasteiger partial charge in [0.25, 0.3) is 0 Å². The first-order valence-electron chi connectivity index (χ1n) is 8.17. The van der Waals surface area contributed by atoms with Gasteiger partial charge >= 0.3 is 0 Å². The van der Waals surface area contributed by atoms with Crippen LogP contribution in [-0.4, -0.2) is 35.5 Å². The molecule has 1 amide bonds. The number of carbonyl (C=O) groups excluding carboxylic acids is 1. The Morgan fingerprint density at radius 2 is 2.29 bits per heavy atom. The van der Waals surface area contributed by atoms with Crippen molar-refractivity contribution in [3.63, 3.8) is 0 Å². The van der Waals surface area contributed by atoms with Crippen LogP contribution in [0.3, 0.4) is 0 Å². The first-order chi connectivity index (χ1) is 11.5. The Morgan fingerprint density at radius 3 is 3.04 bits per heavy atom. The van der Waals surface area contributed by atoms with E-state index in [1.54, 1.807) is 18.4 Å². The Morgan fingerprint density at radius 1 is 1.46 bits per heavy atom. The number of benzene rings is 1. The van der Waals surface area contributed by atoms with Gasteiger partial charge in [-0.25, -0.2) is 4.98 Å². The molecule has 128 valence electrons. The summed E-state index contributed by atoms with van der Waals surface area (Å²) in [5.74, 6) is 0.848. The monoisotopic (exact) mass is 345 g/mol. The molecule has 2 heterocycles. The van der Waals surface area contributed by atoms with E-state index in [0.29, 0.717) is 11.2 Å². The summed E-state index contributed by atoms with van der Waals surface area (Å²) in [6.45, 7) is 5.65. The van der Waals surface area contributed by atoms with Gasteiger partial charge in [0.1, 0.15) is 5.75 Å². The highest BCUT2D eigenvalue weighted by Crippen LogP contribution is 2.26. The summed E-state index contributed by atoms with van der Waals surface area (Å²) in [6.07, 6.45) is 3.93. The molecule has 2 aromatic rings. The van der Waals surface area contributed by atoms with Crippen molar-refractivity contribution >= 4 is 22.4 Å². The van der Waals surface area contributed by atoms with E-state index >= 15 is 0 Å². The van der Waals surface area contributed by atoms with E-state index < -0.39 is 0 Å². The second-order valence-electron chi connectivity index (χ2n) is 6.22. The molecule has 3 rings (SSSR count). The lowest BCUT2D eigenvalue weighted by atomic mass is 10.0. The van der Waals surface area contributed by atoms with Gasteiger partial charge in [0.05, 0.1) is 7.11 Å². The fourth-order valence-corrected chi connectivity index (χ4v) is 4.00. The molecular weight excluding hydrogens is 322 g/mol. The highest BCUT2D eigenvalue weighted by molar-refractivity contribution is 7.15. The largest absolute Gasteiger partial charge is 0.497 e. The van der Waals surface area contributed by atoms with Gasteiger partial charge in [0, 0.05) is 37.1 Å². The molecule has 1 atom stereocenters. The van der Waals surface area contributed by atoms with E-state index in [-0.39, 0.29) is 5.91 Å². The van der Waals surface area contributed by atoms with Gasteiger partial charge in [0.15, 0.2) is 5.13 Å². The van der Waals surface area contributed by atoms with Crippen molar-refractivity contribution in [2.45, 2.75) is 39.3 Å². The number of rotatable bonds is 4. The standard InChI is InChI=1S/C18H23N3O2S/c1-12-8-14-4-5-16(23-3)9-15(14)6-7-21(12)11-17-10-19-18(24-17)20-13(2)22/h4-5,9-10,12H,6-8,11H2,1-3H3,(H,19,20,22). The van der Waals surface area contributed by atoms with Crippen molar-refractivity contribution in [2.75, 3.05) is 19.0 Å². The summed E-state index contributed by atoms with van der Waals surface area (Å²) in [7, 11) is 1.71. The average Bonchev–Trinajstić information content (AvgIpc) is 2.91. The molecule has 0 spiro atoms. The predicted octanol–water partition coefficient (Wildman–Crippen LogP) is 3.10. The molecule has 1 aliphatic heterocycles. The van der Waals surface area contributed by atoms with Crippen LogP contribution in [0.4, 0.5) is 5.13 Å². The first-order valence-corrected chi connectivity index (χ1v) is 8.99. The molecular formula is C18H23N3O2S. The fourth-order valence-electron chi connectivity index (χ4n) is 3.12. The minimum Gasteiger partial charge on any atom is -0.497 e. The molecule has 0 radical (unpaired) electrons. The summed E-state index contributed by atoms with van der Waals surface area (Å²) in [6, 6.07) is 6.86. The zero-order valence-corrected chi connectivity index (χ0v) is 15.2. The lowest BCUT2D eigenvalue weighted by molar-refractivity contribution is -0.114. The molecule has 0 bridgehead atoms. The number of ether oxygens (including phenoxy) is 1. The van der Waals surface area contributed by atoms with Crippen molar-refractivity contribution in [1.82, 2.24) is 9.88 Å². The van der Waals surface area contributed by atoms with Crippen molar-refractivity contribution < 1.29 is 9.53 Å². The van der Waals surface area contributed by atoms with Crippen LogP contribution in [0.2, 0.25) is 0 Å². The van der Waals surface area contributed by atoms with Crippen molar-refractivity contribution in [2.24, 2.45) is 0 Å². The number of anilines is 1. The van der Waals surface area contributed by atoms with E-state index in [2.05, 4.69) is 34.3 Å². The number of hydrogen-bond acceptors (Lipinski definition) is 5. The quantitative estimate of drug-likeness (QED) is 0.925. The number of nitrogens with one attached hydrogen (secondary N) is 1. The number of carbonyl (C=O) groups is 1. The maximum absolute atomic E-state index is 11.1. The fraction of sp³-hybridized carbons (Fsp3) is 0.444. The molecule has 1 aromatic heterocycles. The number of thiazole rings is 1. The molecule has 24 heavy (non-hydrogen) atoms. The van der Waals surface area contributed by atoms with E-state index in [1.165, 1.54) is 22.9 Å². The molecule has 1 aliphatic rings. The van der Waals surface area contributed by atoms with Crippen molar-refractivity contribution in [3.8, 4) is 5.75 Å². The van der Waals surface area contributed by atoms with Crippen molar-refractivity contribution in [1.29, 1.82) is 0 Å². The molecule has 0 saturated carbocycles. The lowest BCUT2D eigenvalue weighted by Gasteiger charge is -2.26. The summed E-state index contributed by atoms with van der Waals surface area (Å²) in [5, 5.41) is 3.42. The van der Waals surface area contributed by atoms with Crippen LogP contribution in [0.25, 0.3) is 0 Å². The second-order valence-corrected chi connectivity index (χ2v) is 7.34. The van der Waals surface area contributed by atoms with Crippen LogP contribution in [0, 0.1) is 0 Å². The summed E-state index contributed by atoms with van der Waals surface area (Å²) in [4.78, 5) is 19.1. The van der Waals surface area contributed by atoms with Crippen LogP contribution in [0.1, 0.15) is 29.9 Å². The van der Waals surface area contributed by atoms with Gasteiger partial charge < -0.3 is 10.1 Å². The van der Waals surface area contributed by atoms with Crippen LogP contribution >= 0.6 is 11.3 Å². The van der Waals surface area contributed by atoms with Crippen LogP contribution in [-0.2, 0) is 24.2 Å². The number of hydrogen-bond donors (Lipinski definition) is 1. The lowest BCUT2D eigenvalue weighted by Crippen LogP contribution is -2.33. The number of amides is 1. The minimum atomic E-state index is -0.0802. The molecule has 0 aliphatic carbocycles. The van der Waals surface area contributed by atoms with Crippen LogP contribution in [0.15, 0.2) is 24.4 Å². The number of aromatic nitrogens is 1. The average molecular weight is 345 g/mol. The van der Waals surface area contributed by atoms with Crippen LogP contribution in [0.5, 0.6) is 5.75 Å². The maximum Gasteiger partial charge on any atom is 0.223 e. The minimum absolute atomic E-state index is 0.0802. The first kappa shape index (κ1) is 16.9. The van der Waals surface area contributed by atoms with Crippen molar-refractivity contribution in [3.05, 3.63) is 40.4 Å². The van der Waals surface area contributed by atoms with Gasteiger partial charge in [0.2, 0.25) is 5.91 Å². The van der Waals surface area contributed by atoms with Crippen LogP contribution < -0.4 is 10.1 Å². The van der Waals surface area contributed by atoms with Gasteiger partial charge in [-0.05, 0) is 43.0 Å². The molecule has 6 heteroatoms. The molecule has 1 unspecified atom stereocenters. The topological polar surface area (TPSA) is 54.5 Å². The van der Waals surface area contributed by atoms with E-state index in [4.69, 9.17) is 4.74 Å². The summed E-state index contributed by atoms with van der Waals surface area (Å²) in [5.41, 5.74) is 2.79. The second kappa shape index (κ2) is 7.32. The number of methoxy groups -OCH3 is 1. The Kier molecular flexibility index (Phi) is 5.16. The number of nitrogens with zero attached hydrogens (tertiary/aromatic N) is 2. The zero-order chi connectivity index (χ0) is 17.1. The highest BCUT2D eigenvalue weighted by Gasteiger charge is 2.21. The van der Waals surface area contributed by atoms with Gasteiger partial charge in [-0.15, -0.1) is 11.3 Å². The molecule has 0 fully saturated rings. The molecule has 1 aromatic carbocycles. The Bertz CT molecular complexity index is 729. The highest BCUT2D eigenvalue weighted by atomic mass is 32.1. The summed E-state index contributed by atoms with van der Waals surface area (Å²) >= 11 is 1.55. The molecule has 0 saturated heterocycles. The Labute approximate surface area is 146 Å². The zero-order valence-electron chi connectivity index (χ0n) is 14.3. The maximum atomic E-state index is 11.1. The number of fused-ring (bicyclic) bond motifs is 1. The SMILES string of the molecule is COc1ccc2c(c1)CCN(Cc1cnc(NC(C)=O)s1)C(C)C2. The third-order valence-corrected chi connectivity index (χ3v) is 5.31. The summed E-state index contributed by atoms with van der Waals surface area (Å²) < 4.78 is 5.35. The third-order valence-electron chi connectivity index (χ3n) is 4.42. The van der Waals surface area contributed by atoms with Gasteiger partial charge in [-0.2, -0.15) is 0 Å². The Hall–Kier alpha value is -1.92. The van der Waals surface area contributed by atoms with Gasteiger partial charge in [-0.3, -0.25) is 9.69 Å². The van der Waals surface area contributed by atoms with E-state index in [1.807, 2.05) is 12.3 Å². The smallest absolute Gasteiger partial charge is 0.223 e. The van der Waals surface area contributed by atoms with Gasteiger partial charge in [-0.1, -0.05) is 6.07 Å². The van der Waals surface area contributed by atoms with E-state index in [0.717, 1.165) is 31.7 Å². The normalized spacial score (nSPS) is 17.9. The predicted molar refractivity (Wildman–Crippen MR) is 96.7 cm³/mol. The third kappa shape index (κ3) is 3.94.